The summed E-state index contributed by atoms with van der Waals surface area (Å²) in [5.74, 6) is -0.578. The topological polar surface area (TPSA) is 82.1 Å². The van der Waals surface area contributed by atoms with Crippen molar-refractivity contribution in [2.45, 2.75) is 13.3 Å². The molecule has 2 aromatic rings. The summed E-state index contributed by atoms with van der Waals surface area (Å²) in [5, 5.41) is 10.5. The largest absolute Gasteiger partial charge is 0.501 e. The smallest absolute Gasteiger partial charge is 0.379 e. The van der Waals surface area contributed by atoms with Crippen molar-refractivity contribution in [1.29, 1.82) is 0 Å². The van der Waals surface area contributed by atoms with Gasteiger partial charge in [-0.25, -0.2) is 9.59 Å². The number of hydrogen-bond donors (Lipinski definition) is 1. The van der Waals surface area contributed by atoms with E-state index in [4.69, 9.17) is 14.2 Å². The van der Waals surface area contributed by atoms with E-state index in [-0.39, 0.29) is 16.7 Å². The zero-order valence-electron chi connectivity index (χ0n) is 13.4. The lowest BCUT2D eigenvalue weighted by atomic mass is 10.0. The van der Waals surface area contributed by atoms with Gasteiger partial charge in [0.1, 0.15) is 17.2 Å². The Balaban J connectivity index is 1.82. The molecule has 0 radical (unpaired) electrons. The molecule has 2 aromatic carbocycles. The van der Waals surface area contributed by atoms with Crippen LogP contribution < -0.4 is 24.6 Å². The van der Waals surface area contributed by atoms with Gasteiger partial charge in [-0.1, -0.05) is 19.1 Å². The van der Waals surface area contributed by atoms with Crippen LogP contribution in [0.2, 0.25) is 0 Å². The first-order chi connectivity index (χ1) is 12.1. The molecule has 126 valence electrons. The maximum Gasteiger partial charge on any atom is 0.379 e. The predicted molar refractivity (Wildman–Crippen MR) is 87.7 cm³/mol. The van der Waals surface area contributed by atoms with Crippen LogP contribution in [-0.4, -0.2) is 23.7 Å². The molecule has 0 saturated heterocycles. The lowest BCUT2D eigenvalue weighted by Crippen LogP contribution is -2.10. The maximum absolute atomic E-state index is 12.3. The number of carbonyl (C=O) groups is 2. The summed E-state index contributed by atoms with van der Waals surface area (Å²) in [6.45, 7) is 2.65. The van der Waals surface area contributed by atoms with Gasteiger partial charge in [-0.2, -0.15) is 0 Å². The van der Waals surface area contributed by atoms with Crippen LogP contribution in [0.25, 0.3) is 11.3 Å². The number of esters is 2. The molecule has 0 aromatic heterocycles. The third kappa shape index (κ3) is 2.42. The zero-order valence-corrected chi connectivity index (χ0v) is 13.4. The second-order valence-corrected chi connectivity index (χ2v) is 5.72. The molecule has 2 aliphatic rings. The van der Waals surface area contributed by atoms with Crippen LogP contribution in [0.4, 0.5) is 0 Å². The third-order valence-corrected chi connectivity index (χ3v) is 4.02. The first kappa shape index (κ1) is 15.3. The second kappa shape index (κ2) is 5.66. The summed E-state index contributed by atoms with van der Waals surface area (Å²) >= 11 is 0. The van der Waals surface area contributed by atoms with Crippen molar-refractivity contribution >= 4 is 23.3 Å². The summed E-state index contributed by atoms with van der Waals surface area (Å²) in [6, 6.07) is 10.1. The standard InChI is InChI=1S/C19H14O6/c1-2-7-23-11-5-3-10(4-6-11)16-12-8-15-13(17(20)19(22)25-15)9-14(12)24-18(16)21/h3-6,8-9,20H,2,7H2,1H3. The molecule has 0 amide bonds. The average molecular weight is 338 g/mol. The molecule has 2 heterocycles. The molecule has 0 aliphatic carbocycles. The van der Waals surface area contributed by atoms with Crippen LogP contribution in [0.15, 0.2) is 36.4 Å². The highest BCUT2D eigenvalue weighted by Crippen LogP contribution is 2.25. The minimum atomic E-state index is -0.816. The highest BCUT2D eigenvalue weighted by Gasteiger charge is 2.29. The Morgan fingerprint density at radius 2 is 1.60 bits per heavy atom. The van der Waals surface area contributed by atoms with E-state index in [1.807, 2.05) is 6.92 Å². The number of fused-ring (bicyclic) bond motifs is 2. The van der Waals surface area contributed by atoms with Gasteiger partial charge in [0.15, 0.2) is 0 Å². The van der Waals surface area contributed by atoms with Gasteiger partial charge in [-0.15, -0.1) is 0 Å². The third-order valence-electron chi connectivity index (χ3n) is 4.02. The molecule has 6 nitrogen and oxygen atoms in total. The van der Waals surface area contributed by atoms with Gasteiger partial charge in [0.25, 0.3) is 0 Å². The van der Waals surface area contributed by atoms with Gasteiger partial charge >= 0.3 is 11.9 Å². The summed E-state index contributed by atoms with van der Waals surface area (Å²) in [5.41, 5.74) is 1.05. The monoisotopic (exact) mass is 338 g/mol. The fourth-order valence-corrected chi connectivity index (χ4v) is 2.84. The summed E-state index contributed by atoms with van der Waals surface area (Å²) in [7, 11) is 0. The molecule has 4 rings (SSSR count). The number of benzene rings is 2. The SMILES string of the molecule is CCCOc1ccc(C2=c3cc4c(cc3OC2=O)=C(O)C(=O)O4)cc1. The number of hydrogen-bond acceptors (Lipinski definition) is 6. The van der Waals surface area contributed by atoms with Gasteiger partial charge in [-0.3, -0.25) is 0 Å². The van der Waals surface area contributed by atoms with Crippen molar-refractivity contribution in [3.8, 4) is 17.2 Å². The van der Waals surface area contributed by atoms with Crippen LogP contribution in [0.3, 0.4) is 0 Å². The fraction of sp³-hybridized carbons (Fsp3) is 0.158. The average Bonchev–Trinajstić information content (AvgIpc) is 3.07. The Hall–Kier alpha value is -3.28. The molecule has 2 aliphatic heterocycles. The van der Waals surface area contributed by atoms with E-state index in [1.54, 1.807) is 24.3 Å². The Bertz CT molecular complexity index is 1020. The Labute approximate surface area is 142 Å². The zero-order chi connectivity index (χ0) is 17.6. The van der Waals surface area contributed by atoms with Crippen molar-refractivity contribution in [2.24, 2.45) is 0 Å². The van der Waals surface area contributed by atoms with E-state index in [0.29, 0.717) is 23.0 Å². The van der Waals surface area contributed by atoms with Gasteiger partial charge in [0, 0.05) is 5.22 Å². The molecule has 0 fully saturated rings. The molecular weight excluding hydrogens is 324 g/mol. The highest BCUT2D eigenvalue weighted by molar-refractivity contribution is 6.19. The minimum Gasteiger partial charge on any atom is -0.501 e. The maximum atomic E-state index is 12.3. The summed E-state index contributed by atoms with van der Waals surface area (Å²) in [4.78, 5) is 23.8. The minimum absolute atomic E-state index is 0.208. The van der Waals surface area contributed by atoms with Gasteiger partial charge in [-0.05, 0) is 36.2 Å². The molecule has 0 unspecified atom stereocenters. The van der Waals surface area contributed by atoms with Gasteiger partial charge in [0.05, 0.1) is 17.4 Å². The van der Waals surface area contributed by atoms with Crippen molar-refractivity contribution in [3.63, 3.8) is 0 Å². The van der Waals surface area contributed by atoms with Crippen LogP contribution in [0.1, 0.15) is 18.9 Å². The van der Waals surface area contributed by atoms with Crippen molar-refractivity contribution in [1.82, 2.24) is 0 Å². The second-order valence-electron chi connectivity index (χ2n) is 5.72. The first-order valence-corrected chi connectivity index (χ1v) is 7.87. The Kier molecular flexibility index (Phi) is 3.46. The number of rotatable bonds is 4. The predicted octanol–water partition coefficient (Wildman–Crippen LogP) is 1.18. The number of aliphatic hydroxyl groups excluding tert-OH is 1. The lowest BCUT2D eigenvalue weighted by molar-refractivity contribution is -0.129. The molecule has 6 heteroatoms. The van der Waals surface area contributed by atoms with E-state index in [9.17, 15) is 14.7 Å². The van der Waals surface area contributed by atoms with E-state index >= 15 is 0 Å². The molecule has 25 heavy (non-hydrogen) atoms. The number of carbonyl (C=O) groups excluding carboxylic acids is 2. The molecule has 0 saturated carbocycles. The summed E-state index contributed by atoms with van der Waals surface area (Å²) in [6.07, 6.45) is 0.909. The lowest BCUT2D eigenvalue weighted by Gasteiger charge is -2.05. The van der Waals surface area contributed by atoms with Crippen molar-refractivity contribution < 1.29 is 28.9 Å². The van der Waals surface area contributed by atoms with Crippen molar-refractivity contribution in [3.05, 3.63) is 52.4 Å². The quantitative estimate of drug-likeness (QED) is 0.666. The molecule has 0 spiro atoms. The molecule has 0 atom stereocenters. The Morgan fingerprint density at radius 1 is 0.960 bits per heavy atom. The molecular formula is C19H14O6. The van der Waals surface area contributed by atoms with Crippen LogP contribution in [0.5, 0.6) is 17.2 Å². The number of aliphatic hydroxyl groups is 1. The van der Waals surface area contributed by atoms with Crippen LogP contribution in [0, 0.1) is 0 Å². The fourth-order valence-electron chi connectivity index (χ4n) is 2.84. The van der Waals surface area contributed by atoms with Gasteiger partial charge < -0.3 is 19.3 Å². The van der Waals surface area contributed by atoms with E-state index in [2.05, 4.69) is 0 Å². The van der Waals surface area contributed by atoms with Crippen LogP contribution >= 0.6 is 0 Å². The van der Waals surface area contributed by atoms with E-state index < -0.39 is 17.7 Å². The van der Waals surface area contributed by atoms with Gasteiger partial charge in [0.2, 0.25) is 5.76 Å². The van der Waals surface area contributed by atoms with E-state index in [1.165, 1.54) is 12.1 Å². The Morgan fingerprint density at radius 3 is 2.32 bits per heavy atom. The molecule has 0 bridgehead atoms. The van der Waals surface area contributed by atoms with E-state index in [0.717, 1.165) is 12.2 Å². The highest BCUT2D eigenvalue weighted by atomic mass is 16.6. The van der Waals surface area contributed by atoms with Crippen LogP contribution in [-0.2, 0) is 9.59 Å². The summed E-state index contributed by atoms with van der Waals surface area (Å²) < 4.78 is 15.8. The first-order valence-electron chi connectivity index (χ1n) is 7.87. The molecule has 1 N–H and O–H groups in total. The normalized spacial score (nSPS) is 14.9. The number of ether oxygens (including phenoxy) is 3. The van der Waals surface area contributed by atoms with Crippen molar-refractivity contribution in [2.75, 3.05) is 6.61 Å².